The molecule has 4 heteroatoms. The minimum Gasteiger partial charge on any atom is -0.394 e. The Balaban J connectivity index is 3.58. The Kier molecular flexibility index (Phi) is 43.9. The summed E-state index contributed by atoms with van der Waals surface area (Å²) in [6.45, 7) is 4.18. The van der Waals surface area contributed by atoms with E-state index in [9.17, 15) is 15.0 Å². The van der Waals surface area contributed by atoms with Crippen molar-refractivity contribution in [1.82, 2.24) is 5.32 Å². The van der Waals surface area contributed by atoms with Gasteiger partial charge < -0.3 is 15.5 Å². The highest BCUT2D eigenvalue weighted by Crippen LogP contribution is 2.16. The molecule has 1 amide bonds. The zero-order valence-electron chi connectivity index (χ0n) is 36.0. The molecule has 0 saturated carbocycles. The van der Waals surface area contributed by atoms with Gasteiger partial charge in [-0.15, -0.1) is 0 Å². The molecule has 0 spiro atoms. The van der Waals surface area contributed by atoms with Crippen molar-refractivity contribution >= 4 is 5.91 Å². The van der Waals surface area contributed by atoms with Crippen LogP contribution in [0.4, 0.5) is 0 Å². The Morgan fingerprint density at radius 2 is 0.833 bits per heavy atom. The number of unbranched alkanes of at least 4 members (excludes halogenated alkanes) is 27. The second-order valence-electron chi connectivity index (χ2n) is 15.8. The molecular weight excluding hydrogens is 663 g/mol. The van der Waals surface area contributed by atoms with Gasteiger partial charge in [0.25, 0.3) is 0 Å². The van der Waals surface area contributed by atoms with Crippen molar-refractivity contribution in [3.05, 3.63) is 60.8 Å². The molecule has 0 aromatic rings. The summed E-state index contributed by atoms with van der Waals surface area (Å²) in [6, 6.07) is -0.650. The molecule has 314 valence electrons. The highest BCUT2D eigenvalue weighted by atomic mass is 16.3. The average Bonchev–Trinajstić information content (AvgIpc) is 3.18. The van der Waals surface area contributed by atoms with Crippen molar-refractivity contribution in [2.24, 2.45) is 0 Å². The summed E-state index contributed by atoms with van der Waals surface area (Å²) in [5, 5.41) is 23.0. The molecule has 0 bridgehead atoms. The Hall–Kier alpha value is -1.91. The number of rotatable bonds is 42. The van der Waals surface area contributed by atoms with Crippen molar-refractivity contribution < 1.29 is 15.0 Å². The minimum absolute atomic E-state index is 0.0918. The number of allylic oxidation sites excluding steroid dienone is 9. The number of carbonyl (C=O) groups excluding carboxylic acids is 1. The van der Waals surface area contributed by atoms with Gasteiger partial charge in [0, 0.05) is 6.42 Å². The lowest BCUT2D eigenvalue weighted by Crippen LogP contribution is -2.45. The first-order valence-electron chi connectivity index (χ1n) is 23.5. The second-order valence-corrected chi connectivity index (χ2v) is 15.8. The van der Waals surface area contributed by atoms with Gasteiger partial charge >= 0.3 is 0 Å². The van der Waals surface area contributed by atoms with Crippen LogP contribution in [0.5, 0.6) is 0 Å². The largest absolute Gasteiger partial charge is 0.394 e. The third-order valence-electron chi connectivity index (χ3n) is 10.5. The first-order chi connectivity index (χ1) is 26.7. The molecule has 0 radical (unpaired) electrons. The van der Waals surface area contributed by atoms with Crippen LogP contribution in [-0.4, -0.2) is 34.9 Å². The quantitative estimate of drug-likeness (QED) is 0.0429. The SMILES string of the molecule is CC/C=C\C/C=C\C/C=C\CCCCCCCC(=O)NC(CO)C(O)/C=C/CC/C=C/CCCCCCCCCCCCCCCCCCCCCCC. The minimum atomic E-state index is -0.872. The van der Waals surface area contributed by atoms with E-state index in [1.807, 2.05) is 6.08 Å². The Morgan fingerprint density at radius 3 is 1.30 bits per heavy atom. The lowest BCUT2D eigenvalue weighted by atomic mass is 10.0. The van der Waals surface area contributed by atoms with E-state index in [4.69, 9.17) is 0 Å². The maximum atomic E-state index is 12.4. The van der Waals surface area contributed by atoms with Crippen molar-refractivity contribution in [2.45, 2.75) is 244 Å². The van der Waals surface area contributed by atoms with E-state index in [1.54, 1.807) is 6.08 Å². The van der Waals surface area contributed by atoms with Crippen LogP contribution in [-0.2, 0) is 4.79 Å². The normalized spacial score (nSPS) is 13.5. The number of carbonyl (C=O) groups is 1. The predicted molar refractivity (Wildman–Crippen MR) is 239 cm³/mol. The molecule has 54 heavy (non-hydrogen) atoms. The van der Waals surface area contributed by atoms with E-state index in [0.717, 1.165) is 64.2 Å². The van der Waals surface area contributed by atoms with Gasteiger partial charge in [-0.05, 0) is 64.2 Å². The van der Waals surface area contributed by atoms with Crippen LogP contribution in [0.1, 0.15) is 232 Å². The molecule has 3 N–H and O–H groups in total. The number of hydrogen-bond donors (Lipinski definition) is 3. The molecular formula is C50H91NO3. The van der Waals surface area contributed by atoms with E-state index in [-0.39, 0.29) is 12.5 Å². The fraction of sp³-hybridized carbons (Fsp3) is 0.780. The zero-order chi connectivity index (χ0) is 39.3. The van der Waals surface area contributed by atoms with Gasteiger partial charge in [0.05, 0.1) is 18.8 Å². The molecule has 0 heterocycles. The van der Waals surface area contributed by atoms with Crippen LogP contribution in [0.25, 0.3) is 0 Å². The van der Waals surface area contributed by atoms with Gasteiger partial charge in [-0.25, -0.2) is 0 Å². The smallest absolute Gasteiger partial charge is 0.220 e. The highest BCUT2D eigenvalue weighted by Gasteiger charge is 2.17. The van der Waals surface area contributed by atoms with Gasteiger partial charge in [-0.2, -0.15) is 0 Å². The van der Waals surface area contributed by atoms with E-state index < -0.39 is 12.1 Å². The number of hydrogen-bond acceptors (Lipinski definition) is 3. The summed E-state index contributed by atoms with van der Waals surface area (Å²) in [4.78, 5) is 12.4. The average molecular weight is 754 g/mol. The number of aliphatic hydroxyl groups is 2. The Labute approximate surface area is 336 Å². The molecule has 2 unspecified atom stereocenters. The lowest BCUT2D eigenvalue weighted by Gasteiger charge is -2.19. The first-order valence-corrected chi connectivity index (χ1v) is 23.5. The van der Waals surface area contributed by atoms with Gasteiger partial charge in [-0.3, -0.25) is 4.79 Å². The van der Waals surface area contributed by atoms with Gasteiger partial charge in [0.15, 0.2) is 0 Å². The fourth-order valence-corrected chi connectivity index (χ4v) is 6.91. The molecule has 0 aliphatic carbocycles. The molecule has 0 saturated heterocycles. The molecule has 0 aromatic heterocycles. The third kappa shape index (κ3) is 41.3. The van der Waals surface area contributed by atoms with Crippen LogP contribution in [0.3, 0.4) is 0 Å². The summed E-state index contributed by atoms with van der Waals surface area (Å²) in [7, 11) is 0. The van der Waals surface area contributed by atoms with Crippen molar-refractivity contribution in [3.8, 4) is 0 Å². The van der Waals surface area contributed by atoms with Crippen LogP contribution < -0.4 is 5.32 Å². The van der Waals surface area contributed by atoms with Crippen molar-refractivity contribution in [1.29, 1.82) is 0 Å². The molecule has 0 aliphatic rings. The fourth-order valence-electron chi connectivity index (χ4n) is 6.91. The Morgan fingerprint density at radius 1 is 0.463 bits per heavy atom. The molecule has 0 rings (SSSR count). The number of amides is 1. The molecule has 4 nitrogen and oxygen atoms in total. The Bertz CT molecular complexity index is 904. The first kappa shape index (κ1) is 52.1. The zero-order valence-corrected chi connectivity index (χ0v) is 36.0. The van der Waals surface area contributed by atoms with E-state index in [0.29, 0.717) is 6.42 Å². The predicted octanol–water partition coefficient (Wildman–Crippen LogP) is 14.9. The summed E-state index contributed by atoms with van der Waals surface area (Å²) in [5.41, 5.74) is 0. The maximum absolute atomic E-state index is 12.4. The standard InChI is InChI=1S/C50H91NO3/c1-3-5-7-9-11-13-15-17-19-20-21-22-23-24-25-26-27-28-29-30-32-33-35-37-39-41-43-45-49(53)48(47-52)51-50(54)46-44-42-40-38-36-34-31-18-16-14-12-10-8-6-4-2/h6,8,12,14,18,31,35,37,43,45,48-49,52-53H,3-5,7,9-11,13,15-17,19-30,32-34,36,38-42,44,46-47H2,1-2H3,(H,51,54)/b8-6-,14-12-,31-18-,37-35+,45-43+. The summed E-state index contributed by atoms with van der Waals surface area (Å²) in [5.74, 6) is -0.0918. The second kappa shape index (κ2) is 45.5. The molecule has 2 atom stereocenters. The summed E-state index contributed by atoms with van der Waals surface area (Å²) in [6.07, 6.45) is 63.5. The number of nitrogens with one attached hydrogen (secondary N) is 1. The van der Waals surface area contributed by atoms with Gasteiger partial charge in [0.1, 0.15) is 0 Å². The van der Waals surface area contributed by atoms with Crippen LogP contribution in [0.15, 0.2) is 60.8 Å². The van der Waals surface area contributed by atoms with Crippen LogP contribution in [0.2, 0.25) is 0 Å². The highest BCUT2D eigenvalue weighted by molar-refractivity contribution is 5.76. The topological polar surface area (TPSA) is 69.6 Å². The van der Waals surface area contributed by atoms with Crippen molar-refractivity contribution in [3.63, 3.8) is 0 Å². The van der Waals surface area contributed by atoms with Gasteiger partial charge in [0.2, 0.25) is 5.91 Å². The lowest BCUT2D eigenvalue weighted by molar-refractivity contribution is -0.123. The van der Waals surface area contributed by atoms with E-state index in [2.05, 4.69) is 67.8 Å². The van der Waals surface area contributed by atoms with E-state index >= 15 is 0 Å². The molecule has 0 aromatic carbocycles. The summed E-state index contributed by atoms with van der Waals surface area (Å²) >= 11 is 0. The van der Waals surface area contributed by atoms with Crippen LogP contribution in [0, 0.1) is 0 Å². The van der Waals surface area contributed by atoms with Gasteiger partial charge in [-0.1, -0.05) is 222 Å². The third-order valence-corrected chi connectivity index (χ3v) is 10.5. The van der Waals surface area contributed by atoms with Crippen molar-refractivity contribution in [2.75, 3.05) is 6.61 Å². The maximum Gasteiger partial charge on any atom is 0.220 e. The summed E-state index contributed by atoms with van der Waals surface area (Å²) < 4.78 is 0. The number of aliphatic hydroxyl groups excluding tert-OH is 2. The molecule has 0 fully saturated rings. The monoisotopic (exact) mass is 754 g/mol. The van der Waals surface area contributed by atoms with Crippen LogP contribution >= 0.6 is 0 Å². The van der Waals surface area contributed by atoms with E-state index in [1.165, 1.54) is 148 Å². The molecule has 0 aliphatic heterocycles.